The number of ether oxygens (including phenoxy) is 2. The third-order valence-corrected chi connectivity index (χ3v) is 7.04. The number of hydrogen-bond acceptors (Lipinski definition) is 6. The summed E-state index contributed by atoms with van der Waals surface area (Å²) < 4.78 is 17.1. The molecule has 3 aromatic carbocycles. The minimum absolute atomic E-state index is 0.00683. The first-order chi connectivity index (χ1) is 17.6. The zero-order valence-electron chi connectivity index (χ0n) is 19.8. The molecule has 7 heteroatoms. The molecule has 0 bridgehead atoms. The molecule has 6 rings (SSSR count). The molecule has 4 aromatic rings. The summed E-state index contributed by atoms with van der Waals surface area (Å²) in [6, 6.07) is 19.8. The van der Waals surface area contributed by atoms with Gasteiger partial charge in [0.2, 0.25) is 5.78 Å². The van der Waals surface area contributed by atoms with E-state index in [0.29, 0.717) is 23.3 Å². The van der Waals surface area contributed by atoms with E-state index >= 15 is 0 Å². The predicted molar refractivity (Wildman–Crippen MR) is 134 cm³/mol. The number of furan rings is 1. The molecule has 182 valence electrons. The average molecular weight is 484 g/mol. The Kier molecular flexibility index (Phi) is 5.49. The lowest BCUT2D eigenvalue weighted by Crippen LogP contribution is -2.37. The molecule has 7 nitrogen and oxygen atoms in total. The second kappa shape index (κ2) is 8.84. The molecule has 2 atom stereocenters. The maximum Gasteiger partial charge on any atom is 0.290 e. The van der Waals surface area contributed by atoms with Crippen LogP contribution in [0.4, 0.5) is 0 Å². The van der Waals surface area contributed by atoms with Crippen molar-refractivity contribution in [3.63, 3.8) is 0 Å². The number of para-hydroxylation sites is 1. The molecule has 1 saturated heterocycles. The molecule has 2 aliphatic rings. The number of methoxy groups -OCH3 is 1. The Morgan fingerprint density at radius 3 is 2.67 bits per heavy atom. The molecule has 2 aliphatic heterocycles. The SMILES string of the molecule is COc1cccc2cc(C(=O)C3=C(O)C(=O)N(CC4CCCO4)C3c3cccc4ccccc34)oc12. The number of ketones is 1. The van der Waals surface area contributed by atoms with E-state index in [9.17, 15) is 14.7 Å². The van der Waals surface area contributed by atoms with E-state index in [2.05, 4.69) is 0 Å². The van der Waals surface area contributed by atoms with Gasteiger partial charge in [-0.2, -0.15) is 0 Å². The van der Waals surface area contributed by atoms with Crippen LogP contribution in [0.25, 0.3) is 21.7 Å². The van der Waals surface area contributed by atoms with Gasteiger partial charge >= 0.3 is 0 Å². The van der Waals surface area contributed by atoms with Crippen LogP contribution >= 0.6 is 0 Å². The van der Waals surface area contributed by atoms with Gasteiger partial charge in [0.05, 0.1) is 24.8 Å². The fourth-order valence-electron chi connectivity index (χ4n) is 5.34. The van der Waals surface area contributed by atoms with Crippen LogP contribution in [0.2, 0.25) is 0 Å². The Morgan fingerprint density at radius 2 is 1.86 bits per heavy atom. The number of aliphatic hydroxyl groups excluding tert-OH is 1. The van der Waals surface area contributed by atoms with E-state index in [0.717, 1.165) is 29.2 Å². The van der Waals surface area contributed by atoms with E-state index in [1.165, 1.54) is 7.11 Å². The Hall–Kier alpha value is -4.10. The average Bonchev–Trinajstić information content (AvgIpc) is 3.63. The molecular formula is C29H25NO6. The predicted octanol–water partition coefficient (Wildman–Crippen LogP) is 5.35. The van der Waals surface area contributed by atoms with Crippen LogP contribution in [0.15, 0.2) is 82.5 Å². The van der Waals surface area contributed by atoms with Crippen LogP contribution in [0, 0.1) is 0 Å². The van der Waals surface area contributed by atoms with Gasteiger partial charge in [-0.3, -0.25) is 9.59 Å². The topological polar surface area (TPSA) is 89.2 Å². The maximum absolute atomic E-state index is 13.9. The summed E-state index contributed by atoms with van der Waals surface area (Å²) in [4.78, 5) is 28.9. The number of aliphatic hydroxyl groups is 1. The van der Waals surface area contributed by atoms with Crippen molar-refractivity contribution in [2.75, 3.05) is 20.3 Å². The summed E-state index contributed by atoms with van der Waals surface area (Å²) in [5.41, 5.74) is 1.21. The maximum atomic E-state index is 13.9. The molecule has 36 heavy (non-hydrogen) atoms. The first-order valence-corrected chi connectivity index (χ1v) is 12.0. The van der Waals surface area contributed by atoms with Crippen LogP contribution in [0.3, 0.4) is 0 Å². The summed E-state index contributed by atoms with van der Waals surface area (Å²) in [6.07, 6.45) is 1.58. The van der Waals surface area contributed by atoms with Crippen molar-refractivity contribution in [3.05, 3.63) is 89.4 Å². The summed E-state index contributed by atoms with van der Waals surface area (Å²) in [5.74, 6) is -1.14. The van der Waals surface area contributed by atoms with E-state index in [4.69, 9.17) is 13.9 Å². The van der Waals surface area contributed by atoms with Gasteiger partial charge in [0, 0.05) is 18.5 Å². The Balaban J connectivity index is 1.49. The van der Waals surface area contributed by atoms with Gasteiger partial charge in [-0.1, -0.05) is 54.6 Å². The highest BCUT2D eigenvalue weighted by molar-refractivity contribution is 6.16. The first kappa shape index (κ1) is 22.4. The van der Waals surface area contributed by atoms with Gasteiger partial charge in [0.15, 0.2) is 22.9 Å². The fraction of sp³-hybridized carbons (Fsp3) is 0.241. The van der Waals surface area contributed by atoms with Crippen molar-refractivity contribution in [2.24, 2.45) is 0 Å². The van der Waals surface area contributed by atoms with E-state index < -0.39 is 23.5 Å². The molecule has 1 aromatic heterocycles. The van der Waals surface area contributed by atoms with Crippen molar-refractivity contribution in [1.82, 2.24) is 4.90 Å². The van der Waals surface area contributed by atoms with E-state index in [1.54, 1.807) is 17.0 Å². The van der Waals surface area contributed by atoms with E-state index in [-0.39, 0.29) is 24.0 Å². The minimum Gasteiger partial charge on any atom is -0.503 e. The molecule has 0 radical (unpaired) electrons. The lowest BCUT2D eigenvalue weighted by Gasteiger charge is -2.29. The van der Waals surface area contributed by atoms with Gasteiger partial charge in [-0.05, 0) is 41.3 Å². The number of fused-ring (bicyclic) bond motifs is 2. The smallest absolute Gasteiger partial charge is 0.290 e. The number of Topliss-reactive ketones (excluding diaryl/α,β-unsaturated/α-hetero) is 1. The molecule has 1 N–H and O–H groups in total. The zero-order valence-corrected chi connectivity index (χ0v) is 19.8. The van der Waals surface area contributed by atoms with Crippen molar-refractivity contribution in [1.29, 1.82) is 0 Å². The number of carbonyl (C=O) groups excluding carboxylic acids is 2. The Bertz CT molecular complexity index is 1520. The quantitative estimate of drug-likeness (QED) is 0.372. The van der Waals surface area contributed by atoms with Gasteiger partial charge in [-0.15, -0.1) is 0 Å². The van der Waals surface area contributed by atoms with E-state index in [1.807, 2.05) is 54.6 Å². The lowest BCUT2D eigenvalue weighted by atomic mass is 9.91. The van der Waals surface area contributed by atoms with Gasteiger partial charge in [-0.25, -0.2) is 0 Å². The van der Waals surface area contributed by atoms with Crippen molar-refractivity contribution in [2.45, 2.75) is 25.0 Å². The zero-order chi connectivity index (χ0) is 24.8. The third kappa shape index (κ3) is 3.55. The van der Waals surface area contributed by atoms with Crippen LogP contribution < -0.4 is 4.74 Å². The van der Waals surface area contributed by atoms with Crippen LogP contribution in [-0.4, -0.2) is 48.1 Å². The monoisotopic (exact) mass is 483 g/mol. The second-order valence-corrected chi connectivity index (χ2v) is 9.14. The third-order valence-electron chi connectivity index (χ3n) is 7.04. The van der Waals surface area contributed by atoms with Gasteiger partial charge in [0.25, 0.3) is 5.91 Å². The number of hydrogen-bond donors (Lipinski definition) is 1. The number of rotatable bonds is 6. The summed E-state index contributed by atoms with van der Waals surface area (Å²) in [7, 11) is 1.53. The summed E-state index contributed by atoms with van der Waals surface area (Å²) >= 11 is 0. The number of benzene rings is 3. The first-order valence-electron chi connectivity index (χ1n) is 12.0. The van der Waals surface area contributed by atoms with Crippen LogP contribution in [0.1, 0.15) is 35.0 Å². The van der Waals surface area contributed by atoms with Gasteiger partial charge in [0.1, 0.15) is 0 Å². The molecular weight excluding hydrogens is 458 g/mol. The lowest BCUT2D eigenvalue weighted by molar-refractivity contribution is -0.131. The second-order valence-electron chi connectivity index (χ2n) is 9.14. The standard InChI is InChI=1S/C29H25NO6/c1-34-22-13-5-9-18-15-23(36-28(18)22)26(31)24-25(21-12-4-8-17-7-2-3-11-20(17)21)30(29(33)27(24)32)16-19-10-6-14-35-19/h2-5,7-9,11-13,15,19,25,32H,6,10,14,16H2,1H3. The minimum atomic E-state index is -0.782. The molecule has 0 aliphatic carbocycles. The molecule has 0 spiro atoms. The number of carbonyl (C=O) groups is 2. The summed E-state index contributed by atoms with van der Waals surface area (Å²) in [5, 5.41) is 13.6. The van der Waals surface area contributed by atoms with Crippen molar-refractivity contribution < 1.29 is 28.6 Å². The number of nitrogens with zero attached hydrogens (tertiary/aromatic N) is 1. The van der Waals surface area contributed by atoms with Crippen molar-refractivity contribution >= 4 is 33.4 Å². The summed E-state index contributed by atoms with van der Waals surface area (Å²) in [6.45, 7) is 0.916. The highest BCUT2D eigenvalue weighted by Crippen LogP contribution is 2.43. The van der Waals surface area contributed by atoms with Crippen LogP contribution in [-0.2, 0) is 9.53 Å². The normalized spacial score (nSPS) is 20.1. The Morgan fingerprint density at radius 1 is 1.08 bits per heavy atom. The largest absolute Gasteiger partial charge is 0.503 e. The molecule has 1 amide bonds. The number of amides is 1. The fourth-order valence-corrected chi connectivity index (χ4v) is 5.34. The Labute approximate surface area is 207 Å². The highest BCUT2D eigenvalue weighted by Gasteiger charge is 2.46. The van der Waals surface area contributed by atoms with Crippen molar-refractivity contribution in [3.8, 4) is 5.75 Å². The molecule has 1 fully saturated rings. The highest BCUT2D eigenvalue weighted by atomic mass is 16.5. The van der Waals surface area contributed by atoms with Crippen LogP contribution in [0.5, 0.6) is 5.75 Å². The van der Waals surface area contributed by atoms with Gasteiger partial charge < -0.3 is 23.9 Å². The molecule has 2 unspecified atom stereocenters. The molecule has 3 heterocycles. The molecule has 0 saturated carbocycles.